The van der Waals surface area contributed by atoms with Gasteiger partial charge in [0.05, 0.1) is 12.3 Å². The second-order valence-corrected chi connectivity index (χ2v) is 6.08. The Morgan fingerprint density at radius 1 is 1.00 bits per heavy atom. The van der Waals surface area contributed by atoms with Gasteiger partial charge in [0.25, 0.3) is 5.91 Å². The second kappa shape index (κ2) is 8.90. The van der Waals surface area contributed by atoms with Crippen LogP contribution in [-0.4, -0.2) is 29.9 Å². The van der Waals surface area contributed by atoms with Crippen LogP contribution in [0.5, 0.6) is 17.2 Å². The molecule has 0 aromatic heterocycles. The van der Waals surface area contributed by atoms with Gasteiger partial charge in [0, 0.05) is 10.9 Å². The topological polar surface area (TPSA) is 80.2 Å². The summed E-state index contributed by atoms with van der Waals surface area (Å²) in [5.41, 5.74) is 3.50. The predicted octanol–water partition coefficient (Wildman–Crippen LogP) is 3.86. The SMILES string of the molecule is CCOc1ccccc1OCC(=O)N/N=C(/C)c1ccc2ccccc2c1O. The number of hydrazone groups is 1. The lowest BCUT2D eigenvalue weighted by Gasteiger charge is -2.11. The number of phenols is 1. The Kier molecular flexibility index (Phi) is 6.11. The van der Waals surface area contributed by atoms with Crippen LogP contribution >= 0.6 is 0 Å². The molecule has 3 rings (SSSR count). The molecule has 0 spiro atoms. The van der Waals surface area contributed by atoms with Crippen molar-refractivity contribution in [3.8, 4) is 17.2 Å². The minimum absolute atomic E-state index is 0.135. The molecule has 0 aliphatic rings. The molecule has 0 aliphatic heterocycles. The summed E-state index contributed by atoms with van der Waals surface area (Å²) < 4.78 is 11.0. The Morgan fingerprint density at radius 2 is 1.68 bits per heavy atom. The second-order valence-electron chi connectivity index (χ2n) is 6.08. The molecule has 1 amide bonds. The predicted molar refractivity (Wildman–Crippen MR) is 109 cm³/mol. The molecule has 0 unspecified atom stereocenters. The number of ether oxygens (including phenoxy) is 2. The maximum absolute atomic E-state index is 12.1. The Bertz CT molecular complexity index is 1010. The molecule has 28 heavy (non-hydrogen) atoms. The maximum Gasteiger partial charge on any atom is 0.277 e. The maximum atomic E-state index is 12.1. The molecule has 0 radical (unpaired) electrons. The third-order valence-corrected chi connectivity index (χ3v) is 4.15. The van der Waals surface area contributed by atoms with Gasteiger partial charge in [-0.25, -0.2) is 5.43 Å². The van der Waals surface area contributed by atoms with Crippen LogP contribution in [-0.2, 0) is 4.79 Å². The molecule has 3 aromatic rings. The highest BCUT2D eigenvalue weighted by Gasteiger charge is 2.10. The molecule has 2 N–H and O–H groups in total. The van der Waals surface area contributed by atoms with E-state index < -0.39 is 5.91 Å². The highest BCUT2D eigenvalue weighted by molar-refractivity contribution is 6.06. The van der Waals surface area contributed by atoms with Crippen LogP contribution in [0.2, 0.25) is 0 Å². The van der Waals surface area contributed by atoms with Crippen molar-refractivity contribution < 1.29 is 19.4 Å². The van der Waals surface area contributed by atoms with Crippen molar-refractivity contribution in [1.82, 2.24) is 5.43 Å². The number of carbonyl (C=O) groups is 1. The number of fused-ring (bicyclic) bond motifs is 1. The van der Waals surface area contributed by atoms with E-state index in [4.69, 9.17) is 9.47 Å². The zero-order valence-corrected chi connectivity index (χ0v) is 15.8. The first-order chi connectivity index (χ1) is 13.6. The van der Waals surface area contributed by atoms with Crippen molar-refractivity contribution >= 4 is 22.4 Å². The van der Waals surface area contributed by atoms with Crippen molar-refractivity contribution in [2.75, 3.05) is 13.2 Å². The first kappa shape index (κ1) is 19.2. The Hall–Kier alpha value is -3.54. The van der Waals surface area contributed by atoms with E-state index in [2.05, 4.69) is 10.5 Å². The van der Waals surface area contributed by atoms with Gasteiger partial charge in [-0.15, -0.1) is 0 Å². The zero-order chi connectivity index (χ0) is 19.9. The van der Waals surface area contributed by atoms with Gasteiger partial charge in [-0.2, -0.15) is 5.10 Å². The van der Waals surface area contributed by atoms with E-state index in [9.17, 15) is 9.90 Å². The summed E-state index contributed by atoms with van der Waals surface area (Å²) in [6, 6.07) is 18.4. The van der Waals surface area contributed by atoms with Crippen LogP contribution in [0, 0.1) is 0 Å². The number of carbonyl (C=O) groups excluding carboxylic acids is 1. The van der Waals surface area contributed by atoms with E-state index >= 15 is 0 Å². The number of nitrogens with one attached hydrogen (secondary N) is 1. The van der Waals surface area contributed by atoms with Gasteiger partial charge in [0.1, 0.15) is 5.75 Å². The number of amides is 1. The van der Waals surface area contributed by atoms with Crippen molar-refractivity contribution in [1.29, 1.82) is 0 Å². The van der Waals surface area contributed by atoms with Crippen LogP contribution in [0.1, 0.15) is 19.4 Å². The summed E-state index contributed by atoms with van der Waals surface area (Å²) in [6.07, 6.45) is 0. The third-order valence-electron chi connectivity index (χ3n) is 4.15. The highest BCUT2D eigenvalue weighted by atomic mass is 16.5. The average molecular weight is 378 g/mol. The first-order valence-corrected chi connectivity index (χ1v) is 8.99. The van der Waals surface area contributed by atoms with E-state index in [0.717, 1.165) is 10.8 Å². The van der Waals surface area contributed by atoms with Gasteiger partial charge in [-0.05, 0) is 37.4 Å². The summed E-state index contributed by atoms with van der Waals surface area (Å²) >= 11 is 0. The van der Waals surface area contributed by atoms with Crippen LogP contribution in [0.3, 0.4) is 0 Å². The lowest BCUT2D eigenvalue weighted by Crippen LogP contribution is -2.25. The molecule has 6 nitrogen and oxygen atoms in total. The lowest BCUT2D eigenvalue weighted by molar-refractivity contribution is -0.123. The van der Waals surface area contributed by atoms with Gasteiger partial charge in [0.15, 0.2) is 18.1 Å². The average Bonchev–Trinajstić information content (AvgIpc) is 2.72. The van der Waals surface area contributed by atoms with Crippen molar-refractivity contribution in [3.63, 3.8) is 0 Å². The van der Waals surface area contributed by atoms with Crippen LogP contribution < -0.4 is 14.9 Å². The molecule has 6 heteroatoms. The minimum Gasteiger partial charge on any atom is -0.507 e. The van der Waals surface area contributed by atoms with E-state index in [1.807, 2.05) is 43.3 Å². The van der Waals surface area contributed by atoms with Gasteiger partial charge in [-0.3, -0.25) is 4.79 Å². The van der Waals surface area contributed by atoms with Gasteiger partial charge >= 0.3 is 0 Å². The smallest absolute Gasteiger partial charge is 0.277 e. The molecule has 0 saturated heterocycles. The number of nitrogens with zero attached hydrogens (tertiary/aromatic N) is 1. The van der Waals surface area contributed by atoms with Crippen LogP contribution in [0.15, 0.2) is 65.8 Å². The standard InChI is InChI=1S/C22H22N2O4/c1-3-27-19-10-6-7-11-20(19)28-14-21(25)24-23-15(2)17-13-12-16-8-4-5-9-18(16)22(17)26/h4-13,26H,3,14H2,1-2H3,(H,24,25)/b23-15-. The Balaban J connectivity index is 1.65. The fourth-order valence-corrected chi connectivity index (χ4v) is 2.77. The third kappa shape index (κ3) is 4.40. The number of rotatable bonds is 7. The Labute approximate surface area is 163 Å². The first-order valence-electron chi connectivity index (χ1n) is 8.99. The molecule has 0 atom stereocenters. The number of para-hydroxylation sites is 2. The molecule has 0 saturated carbocycles. The monoisotopic (exact) mass is 378 g/mol. The van der Waals surface area contributed by atoms with Crippen molar-refractivity contribution in [3.05, 3.63) is 66.2 Å². The molecule has 0 aliphatic carbocycles. The molecular weight excluding hydrogens is 356 g/mol. The van der Waals surface area contributed by atoms with Crippen molar-refractivity contribution in [2.24, 2.45) is 5.10 Å². The molecule has 0 heterocycles. The van der Waals surface area contributed by atoms with E-state index in [1.54, 1.807) is 31.2 Å². The fourth-order valence-electron chi connectivity index (χ4n) is 2.77. The van der Waals surface area contributed by atoms with Crippen LogP contribution in [0.25, 0.3) is 10.8 Å². The number of hydrogen-bond acceptors (Lipinski definition) is 5. The summed E-state index contributed by atoms with van der Waals surface area (Å²) in [4.78, 5) is 12.1. The zero-order valence-electron chi connectivity index (χ0n) is 15.8. The summed E-state index contributed by atoms with van der Waals surface area (Å²) in [7, 11) is 0. The fraction of sp³-hybridized carbons (Fsp3) is 0.182. The van der Waals surface area contributed by atoms with Gasteiger partial charge in [-0.1, -0.05) is 42.5 Å². The quantitative estimate of drug-likeness (QED) is 0.483. The van der Waals surface area contributed by atoms with E-state index in [1.165, 1.54) is 0 Å². The van der Waals surface area contributed by atoms with Gasteiger partial charge in [0.2, 0.25) is 0 Å². The van der Waals surface area contributed by atoms with Crippen LogP contribution in [0.4, 0.5) is 0 Å². The molecule has 0 fully saturated rings. The summed E-state index contributed by atoms with van der Waals surface area (Å²) in [5.74, 6) is 0.798. The summed E-state index contributed by atoms with van der Waals surface area (Å²) in [6.45, 7) is 3.90. The Morgan fingerprint density at radius 3 is 2.43 bits per heavy atom. The normalized spacial score (nSPS) is 11.3. The number of aromatic hydroxyl groups is 1. The van der Waals surface area contributed by atoms with E-state index in [0.29, 0.717) is 29.4 Å². The largest absolute Gasteiger partial charge is 0.507 e. The number of hydrogen-bond donors (Lipinski definition) is 2. The molecule has 0 bridgehead atoms. The van der Waals surface area contributed by atoms with E-state index in [-0.39, 0.29) is 12.4 Å². The number of phenolic OH excluding ortho intramolecular Hbond substituents is 1. The lowest BCUT2D eigenvalue weighted by atomic mass is 10.0. The van der Waals surface area contributed by atoms with Crippen molar-refractivity contribution in [2.45, 2.75) is 13.8 Å². The molecule has 3 aromatic carbocycles. The summed E-state index contributed by atoms with van der Waals surface area (Å²) in [5, 5.41) is 16.2. The highest BCUT2D eigenvalue weighted by Crippen LogP contribution is 2.29. The number of benzene rings is 3. The van der Waals surface area contributed by atoms with Gasteiger partial charge < -0.3 is 14.6 Å². The molecule has 144 valence electrons. The molecular formula is C22H22N2O4. The minimum atomic E-state index is -0.411.